The van der Waals surface area contributed by atoms with Crippen LogP contribution in [0.25, 0.3) is 0 Å². The van der Waals surface area contributed by atoms with Gasteiger partial charge in [-0.3, -0.25) is 9.59 Å². The summed E-state index contributed by atoms with van der Waals surface area (Å²) in [7, 11) is 0. The highest BCUT2D eigenvalue weighted by atomic mass is 16.4. The number of hydrogen-bond donors (Lipinski definition) is 3. The lowest BCUT2D eigenvalue weighted by molar-refractivity contribution is -0.146. The summed E-state index contributed by atoms with van der Waals surface area (Å²) in [6, 6.07) is 5.10. The van der Waals surface area contributed by atoms with E-state index in [1.54, 1.807) is 18.2 Å². The molecule has 0 spiro atoms. The van der Waals surface area contributed by atoms with Crippen molar-refractivity contribution in [3.63, 3.8) is 0 Å². The Morgan fingerprint density at radius 2 is 1.74 bits per heavy atom. The topological polar surface area (TPSA) is 86.6 Å². The van der Waals surface area contributed by atoms with E-state index in [4.69, 9.17) is 0 Å². The lowest BCUT2D eigenvalue weighted by Crippen LogP contribution is -2.34. The minimum Gasteiger partial charge on any atom is -0.506 e. The molecule has 23 heavy (non-hydrogen) atoms. The molecule has 0 aromatic heterocycles. The predicted octanol–water partition coefficient (Wildman–Crippen LogP) is 3.30. The van der Waals surface area contributed by atoms with Gasteiger partial charge in [0.05, 0.1) is 17.5 Å². The average Bonchev–Trinajstić information content (AvgIpc) is 2.48. The Kier molecular flexibility index (Phi) is 4.78. The Hall–Kier alpha value is -2.30. The van der Waals surface area contributed by atoms with Gasteiger partial charge in [0.2, 0.25) is 5.91 Å². The van der Waals surface area contributed by atoms with Gasteiger partial charge in [0, 0.05) is 0 Å². The number of carboxylic acid groups (broad SMARTS) is 1. The quantitative estimate of drug-likeness (QED) is 0.590. The fourth-order valence-corrected chi connectivity index (χ4v) is 2.70. The summed E-state index contributed by atoms with van der Waals surface area (Å²) < 4.78 is 0. The Morgan fingerprint density at radius 1 is 1.13 bits per heavy atom. The Balaban J connectivity index is 2.23. The average molecular weight is 317 g/mol. The molecule has 0 bridgehead atoms. The smallest absolute Gasteiger partial charge is 0.307 e. The van der Waals surface area contributed by atoms with E-state index in [-0.39, 0.29) is 17.1 Å². The number of allylic oxidation sites excluding steroid dienone is 2. The number of carbonyl (C=O) groups is 2. The largest absolute Gasteiger partial charge is 0.506 e. The lowest BCUT2D eigenvalue weighted by atomic mass is 9.82. The standard InChI is InChI=1S/C18H23NO4/c1-18(2,3)11-8-9-15(20)14(10-11)19-16(21)12-6-4-5-7-13(12)17(22)23/h4-5,8-10,12-13,20H,6-7H2,1-3H3,(H,19,21)(H,22,23)/t12-,13+/m0/s1. The summed E-state index contributed by atoms with van der Waals surface area (Å²) in [6.07, 6.45) is 4.36. The maximum absolute atomic E-state index is 12.5. The van der Waals surface area contributed by atoms with Crippen LogP contribution >= 0.6 is 0 Å². The molecule has 124 valence electrons. The molecule has 3 N–H and O–H groups in total. The van der Waals surface area contributed by atoms with Gasteiger partial charge in [0.15, 0.2) is 0 Å². The number of phenolic OH excluding ortho intramolecular Hbond substituents is 1. The second kappa shape index (κ2) is 6.44. The van der Waals surface area contributed by atoms with Crippen LogP contribution in [-0.4, -0.2) is 22.1 Å². The molecular formula is C18H23NO4. The maximum atomic E-state index is 12.5. The van der Waals surface area contributed by atoms with Gasteiger partial charge in [-0.15, -0.1) is 0 Å². The highest BCUT2D eigenvalue weighted by Gasteiger charge is 2.34. The summed E-state index contributed by atoms with van der Waals surface area (Å²) in [4.78, 5) is 23.8. The van der Waals surface area contributed by atoms with Crippen molar-refractivity contribution in [2.24, 2.45) is 11.8 Å². The summed E-state index contributed by atoms with van der Waals surface area (Å²) in [5.74, 6) is -2.72. The van der Waals surface area contributed by atoms with Crippen LogP contribution in [0.5, 0.6) is 5.75 Å². The number of benzene rings is 1. The van der Waals surface area contributed by atoms with Crippen LogP contribution in [0.15, 0.2) is 30.4 Å². The van der Waals surface area contributed by atoms with Crippen LogP contribution < -0.4 is 5.32 Å². The number of nitrogens with one attached hydrogen (secondary N) is 1. The lowest BCUT2D eigenvalue weighted by Gasteiger charge is -2.25. The van der Waals surface area contributed by atoms with E-state index in [9.17, 15) is 19.8 Å². The van der Waals surface area contributed by atoms with Crippen molar-refractivity contribution in [1.82, 2.24) is 0 Å². The highest BCUT2D eigenvalue weighted by Crippen LogP contribution is 2.32. The molecule has 1 aromatic rings. The van der Waals surface area contributed by atoms with Gasteiger partial charge in [-0.25, -0.2) is 0 Å². The van der Waals surface area contributed by atoms with Crippen molar-refractivity contribution < 1.29 is 19.8 Å². The normalized spacial score (nSPS) is 21.0. The van der Waals surface area contributed by atoms with Crippen LogP contribution in [0.3, 0.4) is 0 Å². The van der Waals surface area contributed by atoms with Gasteiger partial charge < -0.3 is 15.5 Å². The molecule has 0 saturated heterocycles. The highest BCUT2D eigenvalue weighted by molar-refractivity contribution is 5.96. The predicted molar refractivity (Wildman–Crippen MR) is 88.4 cm³/mol. The summed E-state index contributed by atoms with van der Waals surface area (Å²) in [6.45, 7) is 6.12. The van der Waals surface area contributed by atoms with Crippen LogP contribution in [0.1, 0.15) is 39.2 Å². The van der Waals surface area contributed by atoms with Gasteiger partial charge >= 0.3 is 5.97 Å². The van der Waals surface area contributed by atoms with Crippen molar-refractivity contribution >= 4 is 17.6 Å². The fourth-order valence-electron chi connectivity index (χ4n) is 2.70. The molecule has 0 unspecified atom stereocenters. The number of amides is 1. The minimum absolute atomic E-state index is 0.0235. The zero-order chi connectivity index (χ0) is 17.2. The number of carboxylic acids is 1. The Morgan fingerprint density at radius 3 is 2.30 bits per heavy atom. The Bertz CT molecular complexity index is 643. The molecule has 2 atom stereocenters. The van der Waals surface area contributed by atoms with Crippen molar-refractivity contribution in [3.8, 4) is 5.75 Å². The van der Waals surface area contributed by atoms with E-state index in [0.717, 1.165) is 5.56 Å². The van der Waals surface area contributed by atoms with E-state index in [0.29, 0.717) is 18.5 Å². The summed E-state index contributed by atoms with van der Waals surface area (Å²) >= 11 is 0. The minimum atomic E-state index is -0.970. The second-order valence-electron chi connectivity index (χ2n) is 6.97. The number of phenols is 1. The van der Waals surface area contributed by atoms with Gasteiger partial charge in [-0.2, -0.15) is 0 Å². The molecule has 1 amide bonds. The summed E-state index contributed by atoms with van der Waals surface area (Å²) in [5, 5.41) is 21.9. The number of aromatic hydroxyl groups is 1. The molecule has 0 heterocycles. The van der Waals surface area contributed by atoms with E-state index < -0.39 is 17.8 Å². The number of anilines is 1. The first-order chi connectivity index (χ1) is 10.7. The molecule has 0 aliphatic heterocycles. The van der Waals surface area contributed by atoms with Gasteiger partial charge in [0.1, 0.15) is 5.75 Å². The molecule has 1 aliphatic rings. The molecule has 2 rings (SSSR count). The zero-order valence-electron chi connectivity index (χ0n) is 13.7. The molecule has 1 aliphatic carbocycles. The van der Waals surface area contributed by atoms with Crippen molar-refractivity contribution in [3.05, 3.63) is 35.9 Å². The SMILES string of the molecule is CC(C)(C)c1ccc(O)c(NC(=O)[C@H]2CC=CC[C@H]2C(=O)O)c1. The molecular weight excluding hydrogens is 294 g/mol. The molecule has 1 aromatic carbocycles. The first-order valence-electron chi connectivity index (χ1n) is 7.72. The number of rotatable bonds is 3. The van der Waals surface area contributed by atoms with Crippen molar-refractivity contribution in [2.75, 3.05) is 5.32 Å². The van der Waals surface area contributed by atoms with Gasteiger partial charge in [-0.05, 0) is 36.0 Å². The third-order valence-corrected chi connectivity index (χ3v) is 4.21. The van der Waals surface area contributed by atoms with Crippen molar-refractivity contribution in [2.45, 2.75) is 39.0 Å². The van der Waals surface area contributed by atoms with Crippen LogP contribution in [0.4, 0.5) is 5.69 Å². The fraction of sp³-hybridized carbons (Fsp3) is 0.444. The summed E-state index contributed by atoms with van der Waals surface area (Å²) in [5.41, 5.74) is 1.18. The maximum Gasteiger partial charge on any atom is 0.307 e. The second-order valence-corrected chi connectivity index (χ2v) is 6.97. The van der Waals surface area contributed by atoms with Crippen molar-refractivity contribution in [1.29, 1.82) is 0 Å². The van der Waals surface area contributed by atoms with Gasteiger partial charge in [-0.1, -0.05) is 39.0 Å². The van der Waals surface area contributed by atoms with E-state index in [2.05, 4.69) is 5.32 Å². The molecule has 0 radical (unpaired) electrons. The zero-order valence-corrected chi connectivity index (χ0v) is 13.7. The number of aliphatic carboxylic acids is 1. The van der Waals surface area contributed by atoms with E-state index in [1.165, 1.54) is 0 Å². The van der Waals surface area contributed by atoms with Crippen LogP contribution in [-0.2, 0) is 15.0 Å². The van der Waals surface area contributed by atoms with E-state index >= 15 is 0 Å². The molecule has 0 saturated carbocycles. The monoisotopic (exact) mass is 317 g/mol. The third kappa shape index (κ3) is 3.92. The van der Waals surface area contributed by atoms with E-state index in [1.807, 2.05) is 32.9 Å². The number of carbonyl (C=O) groups excluding carboxylic acids is 1. The van der Waals surface area contributed by atoms with Crippen LogP contribution in [0, 0.1) is 11.8 Å². The molecule has 0 fully saturated rings. The number of hydrogen-bond acceptors (Lipinski definition) is 3. The van der Waals surface area contributed by atoms with Crippen LogP contribution in [0.2, 0.25) is 0 Å². The first-order valence-corrected chi connectivity index (χ1v) is 7.72. The first kappa shape index (κ1) is 17.1. The van der Waals surface area contributed by atoms with Gasteiger partial charge in [0.25, 0.3) is 0 Å². The Labute approximate surface area is 136 Å². The third-order valence-electron chi connectivity index (χ3n) is 4.21. The molecule has 5 heteroatoms. The molecule has 5 nitrogen and oxygen atoms in total.